The van der Waals surface area contributed by atoms with E-state index in [0.29, 0.717) is 30.1 Å². The Bertz CT molecular complexity index is 1220. The van der Waals surface area contributed by atoms with E-state index in [1.807, 2.05) is 0 Å². The van der Waals surface area contributed by atoms with Gasteiger partial charge < -0.3 is 5.32 Å². The number of nitrogens with zero attached hydrogens (tertiary/aromatic N) is 2. The first-order chi connectivity index (χ1) is 15.3. The molecule has 32 heavy (non-hydrogen) atoms. The van der Waals surface area contributed by atoms with Gasteiger partial charge in [0.2, 0.25) is 10.0 Å². The quantitative estimate of drug-likeness (QED) is 0.567. The zero-order chi connectivity index (χ0) is 22.7. The predicted molar refractivity (Wildman–Crippen MR) is 123 cm³/mol. The molecule has 168 valence electrons. The van der Waals surface area contributed by atoms with Gasteiger partial charge in [-0.3, -0.25) is 4.79 Å². The van der Waals surface area contributed by atoms with Gasteiger partial charge >= 0.3 is 0 Å². The number of thiazole rings is 1. The fourth-order valence-electron chi connectivity index (χ4n) is 3.73. The number of sulfonamides is 1. The molecule has 0 unspecified atom stereocenters. The van der Waals surface area contributed by atoms with Gasteiger partial charge in [0.15, 0.2) is 0 Å². The van der Waals surface area contributed by atoms with Crippen molar-refractivity contribution in [3.63, 3.8) is 0 Å². The molecule has 1 fully saturated rings. The SMILES string of the molecule is Cc1nc(Cc2ccc(F)cc2)sc1C(=O)Nc1ccccc1S(=O)(=O)N1CCCCC1. The van der Waals surface area contributed by atoms with Crippen LogP contribution in [0, 0.1) is 12.7 Å². The maximum absolute atomic E-state index is 13.2. The van der Waals surface area contributed by atoms with E-state index in [0.717, 1.165) is 29.8 Å². The van der Waals surface area contributed by atoms with Gasteiger partial charge in [0, 0.05) is 19.5 Å². The van der Waals surface area contributed by atoms with Crippen LogP contribution in [0.15, 0.2) is 53.4 Å². The van der Waals surface area contributed by atoms with Gasteiger partial charge in [0.25, 0.3) is 5.91 Å². The van der Waals surface area contributed by atoms with Crippen molar-refractivity contribution in [1.82, 2.24) is 9.29 Å². The van der Waals surface area contributed by atoms with E-state index in [1.165, 1.54) is 33.8 Å². The number of halogens is 1. The molecule has 0 saturated carbocycles. The standard InChI is InChI=1S/C23H24FN3O3S2/c1-16-22(31-21(25-16)15-17-9-11-18(24)12-10-17)23(28)26-19-7-3-4-8-20(19)32(29,30)27-13-5-2-6-14-27/h3-4,7-12H,2,5-6,13-15H2,1H3,(H,26,28). The average molecular weight is 474 g/mol. The predicted octanol–water partition coefficient (Wildman–Crippen LogP) is 4.61. The third kappa shape index (κ3) is 4.90. The summed E-state index contributed by atoms with van der Waals surface area (Å²) in [6.07, 6.45) is 3.18. The number of nitrogens with one attached hydrogen (secondary N) is 1. The summed E-state index contributed by atoms with van der Waals surface area (Å²) in [4.78, 5) is 18.0. The summed E-state index contributed by atoms with van der Waals surface area (Å²) < 4.78 is 40.9. The van der Waals surface area contributed by atoms with Crippen LogP contribution in [0.1, 0.15) is 45.2 Å². The van der Waals surface area contributed by atoms with Crippen molar-refractivity contribution in [2.24, 2.45) is 0 Å². The molecule has 1 N–H and O–H groups in total. The Kier molecular flexibility index (Phi) is 6.68. The number of carbonyl (C=O) groups excluding carboxylic acids is 1. The van der Waals surface area contributed by atoms with Crippen LogP contribution in [-0.4, -0.2) is 36.7 Å². The minimum atomic E-state index is -3.69. The maximum Gasteiger partial charge on any atom is 0.267 e. The van der Waals surface area contributed by atoms with Crippen molar-refractivity contribution in [2.75, 3.05) is 18.4 Å². The van der Waals surface area contributed by atoms with E-state index in [1.54, 1.807) is 37.3 Å². The molecule has 0 radical (unpaired) electrons. The number of hydrogen-bond acceptors (Lipinski definition) is 5. The van der Waals surface area contributed by atoms with Crippen LogP contribution in [0.2, 0.25) is 0 Å². The Morgan fingerprint density at radius 3 is 2.50 bits per heavy atom. The summed E-state index contributed by atoms with van der Waals surface area (Å²) in [5.74, 6) is -0.700. The summed E-state index contributed by atoms with van der Waals surface area (Å²) in [5, 5.41) is 3.50. The lowest BCUT2D eigenvalue weighted by Gasteiger charge is -2.26. The van der Waals surface area contributed by atoms with Crippen LogP contribution in [0.4, 0.5) is 10.1 Å². The number of hydrogen-bond donors (Lipinski definition) is 1. The fraction of sp³-hybridized carbons (Fsp3) is 0.304. The number of benzene rings is 2. The fourth-order valence-corrected chi connectivity index (χ4v) is 6.39. The van der Waals surface area contributed by atoms with E-state index in [4.69, 9.17) is 0 Å². The van der Waals surface area contributed by atoms with Gasteiger partial charge in [-0.15, -0.1) is 11.3 Å². The highest BCUT2D eigenvalue weighted by atomic mass is 32.2. The second kappa shape index (κ2) is 9.48. The summed E-state index contributed by atoms with van der Waals surface area (Å²) in [6.45, 7) is 2.73. The van der Waals surface area contributed by atoms with Crippen LogP contribution < -0.4 is 5.32 Å². The summed E-state index contributed by atoms with van der Waals surface area (Å²) in [5.41, 5.74) is 1.72. The highest BCUT2D eigenvalue weighted by Gasteiger charge is 2.29. The smallest absolute Gasteiger partial charge is 0.267 e. The van der Waals surface area contributed by atoms with E-state index < -0.39 is 15.9 Å². The molecule has 1 aliphatic rings. The molecule has 1 amide bonds. The number of piperidine rings is 1. The Morgan fingerprint density at radius 2 is 1.78 bits per heavy atom. The maximum atomic E-state index is 13.2. The van der Waals surface area contributed by atoms with Crippen molar-refractivity contribution in [3.8, 4) is 0 Å². The van der Waals surface area contributed by atoms with E-state index in [2.05, 4.69) is 10.3 Å². The van der Waals surface area contributed by atoms with Crippen molar-refractivity contribution < 1.29 is 17.6 Å². The molecule has 0 atom stereocenters. The first kappa shape index (κ1) is 22.6. The van der Waals surface area contributed by atoms with Gasteiger partial charge in [-0.1, -0.05) is 30.7 Å². The minimum absolute atomic E-state index is 0.101. The zero-order valence-corrected chi connectivity index (χ0v) is 19.3. The molecule has 1 aliphatic heterocycles. The molecule has 0 spiro atoms. The first-order valence-electron chi connectivity index (χ1n) is 10.5. The third-order valence-corrected chi connectivity index (χ3v) is 8.50. The molecule has 0 bridgehead atoms. The molecule has 9 heteroatoms. The average Bonchev–Trinajstić information content (AvgIpc) is 3.16. The zero-order valence-electron chi connectivity index (χ0n) is 17.7. The monoisotopic (exact) mass is 473 g/mol. The van der Waals surface area contributed by atoms with Crippen molar-refractivity contribution >= 4 is 33.0 Å². The molecular weight excluding hydrogens is 449 g/mol. The molecule has 1 saturated heterocycles. The first-order valence-corrected chi connectivity index (χ1v) is 12.7. The normalized spacial score (nSPS) is 14.9. The van der Waals surface area contributed by atoms with Crippen LogP contribution in [-0.2, 0) is 16.4 Å². The van der Waals surface area contributed by atoms with Gasteiger partial charge in [-0.25, -0.2) is 17.8 Å². The Morgan fingerprint density at radius 1 is 1.09 bits per heavy atom. The molecule has 1 aromatic heterocycles. The van der Waals surface area contributed by atoms with Gasteiger partial charge in [-0.05, 0) is 49.6 Å². The van der Waals surface area contributed by atoms with Gasteiger partial charge in [0.1, 0.15) is 15.6 Å². The molecule has 6 nitrogen and oxygen atoms in total. The van der Waals surface area contributed by atoms with E-state index in [9.17, 15) is 17.6 Å². The summed E-state index contributed by atoms with van der Waals surface area (Å²) >= 11 is 1.25. The van der Waals surface area contributed by atoms with Gasteiger partial charge in [-0.2, -0.15) is 4.31 Å². The number of aromatic nitrogens is 1. The van der Waals surface area contributed by atoms with Crippen LogP contribution in [0.5, 0.6) is 0 Å². The van der Waals surface area contributed by atoms with Crippen LogP contribution in [0.25, 0.3) is 0 Å². The molecule has 4 rings (SSSR count). The number of para-hydroxylation sites is 1. The molecule has 2 heterocycles. The number of aryl methyl sites for hydroxylation is 1. The lowest BCUT2D eigenvalue weighted by Crippen LogP contribution is -2.36. The van der Waals surface area contributed by atoms with Crippen molar-refractivity contribution in [3.05, 3.63) is 75.5 Å². The second-order valence-corrected chi connectivity index (χ2v) is 10.7. The number of rotatable bonds is 6. The Balaban J connectivity index is 1.55. The highest BCUT2D eigenvalue weighted by Crippen LogP contribution is 2.28. The summed E-state index contributed by atoms with van der Waals surface area (Å²) in [7, 11) is -3.69. The lowest BCUT2D eigenvalue weighted by atomic mass is 10.1. The topological polar surface area (TPSA) is 79.4 Å². The van der Waals surface area contributed by atoms with Crippen molar-refractivity contribution in [2.45, 2.75) is 37.5 Å². The Hall–Kier alpha value is -2.62. The molecule has 0 aliphatic carbocycles. The molecular formula is C23H24FN3O3S2. The largest absolute Gasteiger partial charge is 0.320 e. The Labute approximate surface area is 191 Å². The second-order valence-electron chi connectivity index (χ2n) is 7.74. The third-order valence-electron chi connectivity index (χ3n) is 5.38. The van der Waals surface area contributed by atoms with E-state index in [-0.39, 0.29) is 16.4 Å². The van der Waals surface area contributed by atoms with Crippen LogP contribution in [0.3, 0.4) is 0 Å². The van der Waals surface area contributed by atoms with Crippen LogP contribution >= 0.6 is 11.3 Å². The lowest BCUT2D eigenvalue weighted by molar-refractivity contribution is 0.102. The number of anilines is 1. The highest BCUT2D eigenvalue weighted by molar-refractivity contribution is 7.89. The minimum Gasteiger partial charge on any atom is -0.320 e. The molecule has 3 aromatic rings. The number of amides is 1. The van der Waals surface area contributed by atoms with E-state index >= 15 is 0 Å². The summed E-state index contributed by atoms with van der Waals surface area (Å²) in [6, 6.07) is 12.6. The van der Waals surface area contributed by atoms with Crippen molar-refractivity contribution in [1.29, 1.82) is 0 Å². The number of carbonyl (C=O) groups is 1. The van der Waals surface area contributed by atoms with Gasteiger partial charge in [0.05, 0.1) is 16.4 Å². The molecule has 2 aromatic carbocycles.